The number of hydrogen-bond acceptors (Lipinski definition) is 3. The van der Waals surface area contributed by atoms with Crippen LogP contribution in [0.1, 0.15) is 43.6 Å². The maximum Gasteiger partial charge on any atom is 0.226 e. The zero-order valence-corrected chi connectivity index (χ0v) is 13.8. The van der Waals surface area contributed by atoms with Gasteiger partial charge in [0.05, 0.1) is 5.92 Å². The average Bonchev–Trinajstić information content (AvgIpc) is 3.49. The number of aromatic hydroxyl groups is 1. The van der Waals surface area contributed by atoms with Crippen molar-refractivity contribution < 1.29 is 14.7 Å². The van der Waals surface area contributed by atoms with Gasteiger partial charge in [-0.1, -0.05) is 12.1 Å². The molecule has 5 heteroatoms. The van der Waals surface area contributed by atoms with Gasteiger partial charge in [-0.15, -0.1) is 0 Å². The third-order valence-corrected chi connectivity index (χ3v) is 5.43. The van der Waals surface area contributed by atoms with Gasteiger partial charge in [0, 0.05) is 25.0 Å². The van der Waals surface area contributed by atoms with Crippen LogP contribution in [0, 0.1) is 11.8 Å². The van der Waals surface area contributed by atoms with E-state index >= 15 is 0 Å². The molecule has 0 spiro atoms. The number of piperidine rings is 1. The standard InChI is InChI=1S/C19H24N2O3/c22-15-5-1-3-12(9-15)16-10-17(16)19(24)21-8-2-4-13(11-21)18(23)20-14-6-7-14/h1,3,5,9,13-14,16-17,22H,2,4,6-8,10-11H2,(H,20,23)/t13-,16+,17-/m1/s1. The molecule has 2 aliphatic carbocycles. The fraction of sp³-hybridized carbons (Fsp3) is 0.579. The molecule has 128 valence electrons. The molecule has 0 bridgehead atoms. The summed E-state index contributed by atoms with van der Waals surface area (Å²) in [7, 11) is 0. The third-order valence-electron chi connectivity index (χ3n) is 5.43. The van der Waals surface area contributed by atoms with Crippen LogP contribution in [0.25, 0.3) is 0 Å². The van der Waals surface area contributed by atoms with Gasteiger partial charge >= 0.3 is 0 Å². The van der Waals surface area contributed by atoms with E-state index in [0.717, 1.165) is 44.2 Å². The van der Waals surface area contributed by atoms with Crippen molar-refractivity contribution in [3.63, 3.8) is 0 Å². The van der Waals surface area contributed by atoms with E-state index in [1.54, 1.807) is 12.1 Å². The van der Waals surface area contributed by atoms with E-state index in [2.05, 4.69) is 5.32 Å². The minimum atomic E-state index is -0.0544. The number of phenols is 1. The molecule has 1 heterocycles. The lowest BCUT2D eigenvalue weighted by Crippen LogP contribution is -2.46. The number of likely N-dealkylation sites (tertiary alicyclic amines) is 1. The molecule has 3 fully saturated rings. The summed E-state index contributed by atoms with van der Waals surface area (Å²) in [6.45, 7) is 1.32. The number of phenolic OH excluding ortho intramolecular Hbond substituents is 1. The fourth-order valence-electron chi connectivity index (χ4n) is 3.76. The molecule has 0 radical (unpaired) electrons. The number of carbonyl (C=O) groups excluding carboxylic acids is 2. The highest BCUT2D eigenvalue weighted by Gasteiger charge is 2.46. The summed E-state index contributed by atoms with van der Waals surface area (Å²) in [5.74, 6) is 0.714. The Kier molecular flexibility index (Phi) is 3.94. The normalized spacial score (nSPS) is 29.2. The van der Waals surface area contributed by atoms with Crippen LogP contribution < -0.4 is 5.32 Å². The second kappa shape index (κ2) is 6.11. The van der Waals surface area contributed by atoms with Gasteiger partial charge in [0.2, 0.25) is 11.8 Å². The van der Waals surface area contributed by atoms with Gasteiger partial charge in [0.1, 0.15) is 5.75 Å². The molecule has 1 saturated heterocycles. The largest absolute Gasteiger partial charge is 0.508 e. The Bertz CT molecular complexity index is 656. The first-order chi connectivity index (χ1) is 11.6. The molecular weight excluding hydrogens is 304 g/mol. The maximum atomic E-state index is 12.8. The maximum absolute atomic E-state index is 12.8. The van der Waals surface area contributed by atoms with Gasteiger partial charge < -0.3 is 15.3 Å². The second-order valence-corrected chi connectivity index (χ2v) is 7.45. The summed E-state index contributed by atoms with van der Waals surface area (Å²) < 4.78 is 0. The lowest BCUT2D eigenvalue weighted by molar-refractivity contribution is -0.136. The lowest BCUT2D eigenvalue weighted by atomic mass is 9.96. The van der Waals surface area contributed by atoms with Crippen LogP contribution in [0.5, 0.6) is 5.75 Å². The molecule has 5 nitrogen and oxygen atoms in total. The Hall–Kier alpha value is -2.04. The molecule has 2 N–H and O–H groups in total. The Morgan fingerprint density at radius 1 is 1.21 bits per heavy atom. The first-order valence-corrected chi connectivity index (χ1v) is 9.00. The van der Waals surface area contributed by atoms with E-state index in [-0.39, 0.29) is 35.3 Å². The Morgan fingerprint density at radius 2 is 2.04 bits per heavy atom. The summed E-state index contributed by atoms with van der Waals surface area (Å²) in [4.78, 5) is 26.9. The molecule has 2 saturated carbocycles. The highest BCUT2D eigenvalue weighted by atomic mass is 16.3. The van der Waals surface area contributed by atoms with Crippen molar-refractivity contribution in [3.8, 4) is 5.75 Å². The number of nitrogens with one attached hydrogen (secondary N) is 1. The van der Waals surface area contributed by atoms with Gasteiger partial charge in [-0.05, 0) is 55.7 Å². The molecule has 24 heavy (non-hydrogen) atoms. The van der Waals surface area contributed by atoms with Crippen molar-refractivity contribution in [1.82, 2.24) is 10.2 Å². The van der Waals surface area contributed by atoms with Gasteiger partial charge in [0.15, 0.2) is 0 Å². The monoisotopic (exact) mass is 328 g/mol. The van der Waals surface area contributed by atoms with Crippen LogP contribution in [0.2, 0.25) is 0 Å². The Labute approximate surface area is 142 Å². The van der Waals surface area contributed by atoms with E-state index in [1.807, 2.05) is 17.0 Å². The Balaban J connectivity index is 1.35. The number of benzene rings is 1. The minimum Gasteiger partial charge on any atom is -0.508 e. The van der Waals surface area contributed by atoms with Crippen molar-refractivity contribution in [1.29, 1.82) is 0 Å². The zero-order valence-electron chi connectivity index (χ0n) is 13.8. The highest BCUT2D eigenvalue weighted by Crippen LogP contribution is 2.49. The van der Waals surface area contributed by atoms with Crippen LogP contribution in [0.3, 0.4) is 0 Å². The van der Waals surface area contributed by atoms with Crippen molar-refractivity contribution >= 4 is 11.8 Å². The van der Waals surface area contributed by atoms with Crippen molar-refractivity contribution in [2.24, 2.45) is 11.8 Å². The third kappa shape index (κ3) is 3.25. The SMILES string of the molecule is O=C(NC1CC1)[C@@H]1CCCN(C(=O)[C@@H]2C[C@H]2c2cccc(O)c2)C1. The van der Waals surface area contributed by atoms with Crippen LogP contribution in [-0.2, 0) is 9.59 Å². The van der Waals surface area contributed by atoms with Gasteiger partial charge in [-0.2, -0.15) is 0 Å². The van der Waals surface area contributed by atoms with Crippen LogP contribution in [0.15, 0.2) is 24.3 Å². The van der Waals surface area contributed by atoms with Crippen molar-refractivity contribution in [3.05, 3.63) is 29.8 Å². The number of nitrogens with zero attached hydrogens (tertiary/aromatic N) is 1. The van der Waals surface area contributed by atoms with E-state index in [9.17, 15) is 14.7 Å². The van der Waals surface area contributed by atoms with Crippen molar-refractivity contribution in [2.75, 3.05) is 13.1 Å². The number of rotatable bonds is 4. The van der Waals surface area contributed by atoms with Gasteiger partial charge in [0.25, 0.3) is 0 Å². The predicted octanol–water partition coefficient (Wildman–Crippen LogP) is 2.01. The van der Waals surface area contributed by atoms with Crippen molar-refractivity contribution in [2.45, 2.75) is 44.1 Å². The summed E-state index contributed by atoms with van der Waals surface area (Å²) in [6.07, 6.45) is 4.81. The first kappa shape index (κ1) is 15.5. The molecule has 1 aliphatic heterocycles. The topological polar surface area (TPSA) is 69.6 Å². The lowest BCUT2D eigenvalue weighted by Gasteiger charge is -2.32. The first-order valence-electron chi connectivity index (χ1n) is 9.00. The number of hydrogen-bond donors (Lipinski definition) is 2. The van der Waals surface area contributed by atoms with E-state index in [1.165, 1.54) is 0 Å². The summed E-state index contributed by atoms with van der Waals surface area (Å²) >= 11 is 0. The van der Waals surface area contributed by atoms with Crippen LogP contribution in [0.4, 0.5) is 0 Å². The highest BCUT2D eigenvalue weighted by molar-refractivity contribution is 5.85. The average molecular weight is 328 g/mol. The molecule has 3 aliphatic rings. The summed E-state index contributed by atoms with van der Waals surface area (Å²) in [6, 6.07) is 7.57. The molecule has 2 amide bonds. The Morgan fingerprint density at radius 3 is 2.79 bits per heavy atom. The van der Waals surface area contributed by atoms with Crippen LogP contribution in [-0.4, -0.2) is 41.0 Å². The van der Waals surface area contributed by atoms with Gasteiger partial charge in [-0.25, -0.2) is 0 Å². The summed E-state index contributed by atoms with van der Waals surface area (Å²) in [5, 5.41) is 12.7. The zero-order chi connectivity index (χ0) is 16.7. The molecule has 0 unspecified atom stereocenters. The quantitative estimate of drug-likeness (QED) is 0.888. The smallest absolute Gasteiger partial charge is 0.226 e. The second-order valence-electron chi connectivity index (χ2n) is 7.45. The molecular formula is C19H24N2O3. The fourth-order valence-corrected chi connectivity index (χ4v) is 3.76. The van der Waals surface area contributed by atoms with E-state index in [4.69, 9.17) is 0 Å². The number of carbonyl (C=O) groups is 2. The molecule has 4 rings (SSSR count). The molecule has 0 aromatic heterocycles. The molecule has 1 aromatic rings. The molecule has 3 atom stereocenters. The van der Waals surface area contributed by atoms with Crippen LogP contribution >= 0.6 is 0 Å². The molecule has 1 aromatic carbocycles. The summed E-state index contributed by atoms with van der Waals surface area (Å²) in [5.41, 5.74) is 1.04. The van der Waals surface area contributed by atoms with Gasteiger partial charge in [-0.3, -0.25) is 9.59 Å². The van der Waals surface area contributed by atoms with E-state index < -0.39 is 0 Å². The number of amides is 2. The minimum absolute atomic E-state index is 0.0112. The van der Waals surface area contributed by atoms with E-state index in [0.29, 0.717) is 12.6 Å². The predicted molar refractivity (Wildman–Crippen MR) is 89.4 cm³/mol.